The maximum absolute atomic E-state index is 12.7. The molecule has 1 aliphatic rings. The topological polar surface area (TPSA) is 62.3 Å². The number of rotatable bonds is 3. The van der Waals surface area contributed by atoms with Crippen molar-refractivity contribution in [3.05, 3.63) is 29.6 Å². The number of hydrogen-bond donors (Lipinski definition) is 1. The zero-order valence-corrected chi connectivity index (χ0v) is 12.3. The van der Waals surface area contributed by atoms with Gasteiger partial charge >= 0.3 is 0 Å². The van der Waals surface area contributed by atoms with Crippen LogP contribution in [0.1, 0.15) is 37.8 Å². The second-order valence-corrected chi connectivity index (χ2v) is 5.51. The quantitative estimate of drug-likeness (QED) is 0.907. The van der Waals surface area contributed by atoms with E-state index in [0.717, 1.165) is 11.1 Å². The fourth-order valence-corrected chi connectivity index (χ4v) is 2.37. The van der Waals surface area contributed by atoms with E-state index in [0.29, 0.717) is 25.9 Å². The van der Waals surface area contributed by atoms with Crippen LogP contribution >= 0.6 is 0 Å². The molecule has 1 atom stereocenters. The lowest BCUT2D eigenvalue weighted by molar-refractivity contribution is -0.138. The zero-order chi connectivity index (χ0) is 14.8. The van der Waals surface area contributed by atoms with Crippen LogP contribution in [0.3, 0.4) is 0 Å². The molecule has 5 heteroatoms. The van der Waals surface area contributed by atoms with Crippen LogP contribution in [0.15, 0.2) is 18.5 Å². The number of aryl methyl sites for hydroxylation is 1. The van der Waals surface area contributed by atoms with E-state index in [4.69, 9.17) is 0 Å². The molecular weight excluding hydrogens is 254 g/mol. The van der Waals surface area contributed by atoms with Crippen LogP contribution in [0.4, 0.5) is 0 Å². The monoisotopic (exact) mass is 275 g/mol. The Kier molecular flexibility index (Phi) is 4.06. The van der Waals surface area contributed by atoms with Crippen molar-refractivity contribution in [1.82, 2.24) is 15.2 Å². The van der Waals surface area contributed by atoms with Crippen molar-refractivity contribution in [1.29, 1.82) is 0 Å². The summed E-state index contributed by atoms with van der Waals surface area (Å²) in [5.41, 5.74) is 1.33. The second kappa shape index (κ2) is 5.61. The Bertz CT molecular complexity index is 530. The molecule has 0 radical (unpaired) electrons. The molecule has 1 saturated heterocycles. The van der Waals surface area contributed by atoms with E-state index >= 15 is 0 Å². The predicted octanol–water partition coefficient (Wildman–Crippen LogP) is 1.41. The fraction of sp³-hybridized carbons (Fsp3) is 0.533. The highest BCUT2D eigenvalue weighted by Gasteiger charge is 2.39. The summed E-state index contributed by atoms with van der Waals surface area (Å²) in [4.78, 5) is 30.3. The van der Waals surface area contributed by atoms with Gasteiger partial charge in [0.2, 0.25) is 11.8 Å². The van der Waals surface area contributed by atoms with Gasteiger partial charge in [-0.2, -0.15) is 0 Å². The third-order valence-electron chi connectivity index (χ3n) is 4.00. The number of aromatic nitrogens is 1. The Labute approximate surface area is 119 Å². The molecule has 5 nitrogen and oxygen atoms in total. The lowest BCUT2D eigenvalue weighted by atomic mass is 9.97. The van der Waals surface area contributed by atoms with Crippen LogP contribution in [-0.2, 0) is 16.1 Å². The number of nitrogens with one attached hydrogen (secondary N) is 1. The number of carbonyl (C=O) groups excluding carboxylic acids is 2. The Balaban J connectivity index is 2.24. The van der Waals surface area contributed by atoms with Gasteiger partial charge in [0.1, 0.15) is 5.54 Å². The molecule has 1 aromatic rings. The van der Waals surface area contributed by atoms with Crippen LogP contribution in [0.5, 0.6) is 0 Å². The average molecular weight is 275 g/mol. The first-order valence-electron chi connectivity index (χ1n) is 6.96. The van der Waals surface area contributed by atoms with Gasteiger partial charge in [-0.05, 0) is 37.5 Å². The molecule has 2 heterocycles. The number of amides is 2. The summed E-state index contributed by atoms with van der Waals surface area (Å²) >= 11 is 0. The molecule has 1 N–H and O–H groups in total. The first-order chi connectivity index (χ1) is 9.46. The van der Waals surface area contributed by atoms with Crippen molar-refractivity contribution in [2.45, 2.75) is 45.7 Å². The summed E-state index contributed by atoms with van der Waals surface area (Å²) in [6.07, 6.45) is 4.46. The summed E-state index contributed by atoms with van der Waals surface area (Å²) in [6, 6.07) is 1.93. The average Bonchev–Trinajstić information content (AvgIpc) is 2.53. The van der Waals surface area contributed by atoms with Crippen molar-refractivity contribution >= 4 is 11.8 Å². The molecule has 108 valence electrons. The minimum atomic E-state index is -0.802. The van der Waals surface area contributed by atoms with Crippen molar-refractivity contribution < 1.29 is 9.59 Å². The number of hydrogen-bond acceptors (Lipinski definition) is 3. The summed E-state index contributed by atoms with van der Waals surface area (Å²) in [5.74, 6) is -0.0813. The SMILES string of the molecule is CCC1(C)NC(=O)CCN(Cc2cnccc2C)C1=O. The number of pyridine rings is 1. The molecule has 2 rings (SSSR count). The standard InChI is InChI=1S/C15H21N3O2/c1-4-15(3)14(20)18(8-6-13(19)17-15)10-12-9-16-7-5-11(12)2/h5,7,9H,4,6,8,10H2,1-3H3,(H,17,19). The Morgan fingerprint density at radius 1 is 1.45 bits per heavy atom. The van der Waals surface area contributed by atoms with Gasteiger partial charge < -0.3 is 10.2 Å². The van der Waals surface area contributed by atoms with Crippen LogP contribution in [0.2, 0.25) is 0 Å². The van der Waals surface area contributed by atoms with Crippen molar-refractivity contribution in [3.8, 4) is 0 Å². The highest BCUT2D eigenvalue weighted by Crippen LogP contribution is 2.20. The van der Waals surface area contributed by atoms with Gasteiger partial charge in [0, 0.05) is 31.9 Å². The maximum Gasteiger partial charge on any atom is 0.248 e. The fourth-order valence-electron chi connectivity index (χ4n) is 2.37. The molecule has 1 aliphatic heterocycles. The maximum atomic E-state index is 12.7. The Hall–Kier alpha value is -1.91. The van der Waals surface area contributed by atoms with Gasteiger partial charge in [0.25, 0.3) is 0 Å². The predicted molar refractivity (Wildman–Crippen MR) is 75.8 cm³/mol. The zero-order valence-electron chi connectivity index (χ0n) is 12.3. The normalized spacial score (nSPS) is 23.4. The molecule has 0 aliphatic carbocycles. The largest absolute Gasteiger partial charge is 0.342 e. The van der Waals surface area contributed by atoms with Gasteiger partial charge in [0.15, 0.2) is 0 Å². The summed E-state index contributed by atoms with van der Waals surface area (Å²) < 4.78 is 0. The minimum absolute atomic E-state index is 0.0193. The van der Waals surface area contributed by atoms with E-state index in [1.54, 1.807) is 24.2 Å². The first kappa shape index (κ1) is 14.5. The van der Waals surface area contributed by atoms with E-state index in [1.165, 1.54) is 0 Å². The lowest BCUT2D eigenvalue weighted by Crippen LogP contribution is -2.54. The molecule has 20 heavy (non-hydrogen) atoms. The number of carbonyl (C=O) groups is 2. The van der Waals surface area contributed by atoms with Crippen LogP contribution in [0, 0.1) is 6.92 Å². The third-order valence-corrected chi connectivity index (χ3v) is 4.00. The highest BCUT2D eigenvalue weighted by molar-refractivity contribution is 5.93. The first-order valence-corrected chi connectivity index (χ1v) is 6.96. The molecule has 1 aromatic heterocycles. The Morgan fingerprint density at radius 2 is 2.20 bits per heavy atom. The second-order valence-electron chi connectivity index (χ2n) is 5.51. The molecule has 0 saturated carbocycles. The van der Waals surface area contributed by atoms with Gasteiger partial charge in [0.05, 0.1) is 0 Å². The Morgan fingerprint density at radius 3 is 2.85 bits per heavy atom. The molecule has 0 spiro atoms. The molecule has 1 fully saturated rings. The molecular formula is C15H21N3O2. The van der Waals surface area contributed by atoms with Crippen molar-refractivity contribution in [2.75, 3.05) is 6.54 Å². The lowest BCUT2D eigenvalue weighted by Gasteiger charge is -2.31. The van der Waals surface area contributed by atoms with Crippen LogP contribution in [-0.4, -0.2) is 33.8 Å². The highest BCUT2D eigenvalue weighted by atomic mass is 16.2. The summed E-state index contributed by atoms with van der Waals surface area (Å²) in [7, 11) is 0. The molecule has 1 unspecified atom stereocenters. The summed E-state index contributed by atoms with van der Waals surface area (Å²) in [6.45, 7) is 6.66. The van der Waals surface area contributed by atoms with Crippen molar-refractivity contribution in [3.63, 3.8) is 0 Å². The van der Waals surface area contributed by atoms with Gasteiger partial charge in [-0.3, -0.25) is 14.6 Å². The van der Waals surface area contributed by atoms with Crippen LogP contribution < -0.4 is 5.32 Å². The van der Waals surface area contributed by atoms with E-state index in [-0.39, 0.29) is 11.8 Å². The van der Waals surface area contributed by atoms with E-state index in [2.05, 4.69) is 10.3 Å². The van der Waals surface area contributed by atoms with Gasteiger partial charge in [-0.1, -0.05) is 6.92 Å². The number of nitrogens with zero attached hydrogens (tertiary/aromatic N) is 2. The molecule has 2 amide bonds. The van der Waals surface area contributed by atoms with E-state index < -0.39 is 5.54 Å². The van der Waals surface area contributed by atoms with Crippen molar-refractivity contribution in [2.24, 2.45) is 0 Å². The third kappa shape index (κ3) is 2.81. The molecule has 0 aromatic carbocycles. The molecule has 0 bridgehead atoms. The van der Waals surface area contributed by atoms with E-state index in [1.807, 2.05) is 19.9 Å². The smallest absolute Gasteiger partial charge is 0.248 e. The van der Waals surface area contributed by atoms with Crippen LogP contribution in [0.25, 0.3) is 0 Å². The summed E-state index contributed by atoms with van der Waals surface area (Å²) in [5, 5.41) is 2.84. The van der Waals surface area contributed by atoms with Gasteiger partial charge in [-0.25, -0.2) is 0 Å². The van der Waals surface area contributed by atoms with Gasteiger partial charge in [-0.15, -0.1) is 0 Å². The van der Waals surface area contributed by atoms with E-state index in [9.17, 15) is 9.59 Å². The minimum Gasteiger partial charge on any atom is -0.342 e.